The molecule has 0 aliphatic carbocycles. The molecular weight excluding hydrogens is 228 g/mol. The second-order valence-corrected chi connectivity index (χ2v) is 4.38. The Morgan fingerprint density at radius 2 is 1.61 bits per heavy atom. The second kappa shape index (κ2) is 7.87. The average Bonchev–Trinajstić information content (AvgIpc) is 2.36. The number of unbranched alkanes of at least 4 members (excludes halogenated alkanes) is 1. The van der Waals surface area contributed by atoms with Crippen LogP contribution in [0.3, 0.4) is 0 Å². The molecule has 0 aromatic carbocycles. The SMILES string of the molecule is CCCNc1nc(C)nc(NCCCCO)c1C. The van der Waals surface area contributed by atoms with Crippen molar-refractivity contribution in [3.05, 3.63) is 11.4 Å². The van der Waals surface area contributed by atoms with Gasteiger partial charge in [0.15, 0.2) is 0 Å². The highest BCUT2D eigenvalue weighted by atomic mass is 16.2. The number of nitrogens with one attached hydrogen (secondary N) is 2. The number of aryl methyl sites for hydroxylation is 1. The van der Waals surface area contributed by atoms with Crippen LogP contribution in [0.5, 0.6) is 0 Å². The number of rotatable bonds is 8. The molecule has 0 saturated carbocycles. The van der Waals surface area contributed by atoms with Crippen molar-refractivity contribution in [2.45, 2.75) is 40.0 Å². The number of aliphatic hydroxyl groups excluding tert-OH is 1. The standard InChI is InChI=1S/C13H24N4O/c1-4-7-14-12-10(2)13(17-11(3)16-12)15-8-5-6-9-18/h18H,4-9H2,1-3H3,(H2,14,15,16,17). The molecule has 3 N–H and O–H groups in total. The van der Waals surface area contributed by atoms with Crippen LogP contribution in [0.1, 0.15) is 37.6 Å². The zero-order valence-corrected chi connectivity index (χ0v) is 11.6. The van der Waals surface area contributed by atoms with Crippen LogP contribution in [-0.2, 0) is 0 Å². The Bertz CT molecular complexity index is 368. The van der Waals surface area contributed by atoms with Crippen LogP contribution >= 0.6 is 0 Å². The number of nitrogens with zero attached hydrogens (tertiary/aromatic N) is 2. The molecule has 102 valence electrons. The normalized spacial score (nSPS) is 10.4. The molecule has 0 amide bonds. The lowest BCUT2D eigenvalue weighted by Gasteiger charge is -2.13. The molecule has 1 aromatic rings. The van der Waals surface area contributed by atoms with Gasteiger partial charge in [-0.15, -0.1) is 0 Å². The maximum absolute atomic E-state index is 8.74. The highest BCUT2D eigenvalue weighted by molar-refractivity contribution is 5.57. The van der Waals surface area contributed by atoms with Crippen LogP contribution in [-0.4, -0.2) is 34.8 Å². The fourth-order valence-corrected chi connectivity index (χ4v) is 1.66. The summed E-state index contributed by atoms with van der Waals surface area (Å²) in [6.07, 6.45) is 2.83. The molecule has 0 radical (unpaired) electrons. The quantitative estimate of drug-likeness (QED) is 0.618. The molecule has 5 heteroatoms. The molecule has 1 rings (SSSR count). The Kier molecular flexibility index (Phi) is 6.43. The van der Waals surface area contributed by atoms with Gasteiger partial charge in [-0.05, 0) is 33.1 Å². The van der Waals surface area contributed by atoms with Gasteiger partial charge in [0.1, 0.15) is 17.5 Å². The van der Waals surface area contributed by atoms with Gasteiger partial charge in [0, 0.05) is 25.3 Å². The van der Waals surface area contributed by atoms with Gasteiger partial charge in [-0.3, -0.25) is 0 Å². The van der Waals surface area contributed by atoms with Gasteiger partial charge in [0.2, 0.25) is 0 Å². The van der Waals surface area contributed by atoms with Crippen LogP contribution in [0, 0.1) is 13.8 Å². The zero-order chi connectivity index (χ0) is 13.4. The van der Waals surface area contributed by atoms with Gasteiger partial charge in [0.05, 0.1) is 0 Å². The maximum atomic E-state index is 8.74. The van der Waals surface area contributed by atoms with Crippen molar-refractivity contribution in [2.75, 3.05) is 30.3 Å². The van der Waals surface area contributed by atoms with E-state index in [1.165, 1.54) is 0 Å². The van der Waals surface area contributed by atoms with Gasteiger partial charge >= 0.3 is 0 Å². The van der Waals surface area contributed by atoms with E-state index < -0.39 is 0 Å². The summed E-state index contributed by atoms with van der Waals surface area (Å²) in [5.41, 5.74) is 1.05. The number of aromatic nitrogens is 2. The third-order valence-electron chi connectivity index (χ3n) is 2.68. The fourth-order valence-electron chi connectivity index (χ4n) is 1.66. The van der Waals surface area contributed by atoms with E-state index in [4.69, 9.17) is 5.11 Å². The molecule has 0 unspecified atom stereocenters. The van der Waals surface area contributed by atoms with Gasteiger partial charge in [-0.25, -0.2) is 9.97 Å². The molecular formula is C13H24N4O. The van der Waals surface area contributed by atoms with Gasteiger partial charge in [0.25, 0.3) is 0 Å². The predicted molar refractivity (Wildman–Crippen MR) is 75.1 cm³/mol. The van der Waals surface area contributed by atoms with Crippen molar-refractivity contribution in [1.82, 2.24) is 9.97 Å². The molecule has 18 heavy (non-hydrogen) atoms. The van der Waals surface area contributed by atoms with E-state index in [1.807, 2.05) is 13.8 Å². The first-order valence-corrected chi connectivity index (χ1v) is 6.62. The topological polar surface area (TPSA) is 70.1 Å². The van der Waals surface area contributed by atoms with E-state index in [0.29, 0.717) is 0 Å². The molecule has 0 saturated heterocycles. The van der Waals surface area contributed by atoms with Crippen LogP contribution in [0.2, 0.25) is 0 Å². The lowest BCUT2D eigenvalue weighted by molar-refractivity contribution is 0.286. The third kappa shape index (κ3) is 4.49. The average molecular weight is 252 g/mol. The van der Waals surface area contributed by atoms with Crippen LogP contribution in [0.4, 0.5) is 11.6 Å². The van der Waals surface area contributed by atoms with Crippen molar-refractivity contribution >= 4 is 11.6 Å². The smallest absolute Gasteiger partial charge is 0.134 e. The number of hydrogen-bond donors (Lipinski definition) is 3. The number of hydrogen-bond acceptors (Lipinski definition) is 5. The van der Waals surface area contributed by atoms with E-state index in [9.17, 15) is 0 Å². The lowest BCUT2D eigenvalue weighted by atomic mass is 10.2. The van der Waals surface area contributed by atoms with Gasteiger partial charge < -0.3 is 15.7 Å². The molecule has 1 aromatic heterocycles. The Morgan fingerprint density at radius 3 is 2.17 bits per heavy atom. The van der Waals surface area contributed by atoms with Crippen molar-refractivity contribution < 1.29 is 5.11 Å². The molecule has 0 atom stereocenters. The summed E-state index contributed by atoms with van der Waals surface area (Å²) in [5.74, 6) is 2.57. The van der Waals surface area contributed by atoms with Crippen molar-refractivity contribution in [3.63, 3.8) is 0 Å². The summed E-state index contributed by atoms with van der Waals surface area (Å²) >= 11 is 0. The molecule has 0 fully saturated rings. The second-order valence-electron chi connectivity index (χ2n) is 4.38. The van der Waals surface area contributed by atoms with E-state index in [2.05, 4.69) is 27.5 Å². The molecule has 0 aliphatic heterocycles. The van der Waals surface area contributed by atoms with Gasteiger partial charge in [-0.2, -0.15) is 0 Å². The van der Waals surface area contributed by atoms with Crippen LogP contribution in [0.15, 0.2) is 0 Å². The van der Waals surface area contributed by atoms with Crippen LogP contribution < -0.4 is 10.6 Å². The summed E-state index contributed by atoms with van der Waals surface area (Å²) in [6.45, 7) is 8.03. The first-order valence-electron chi connectivity index (χ1n) is 6.62. The highest BCUT2D eigenvalue weighted by Crippen LogP contribution is 2.19. The third-order valence-corrected chi connectivity index (χ3v) is 2.68. The van der Waals surface area contributed by atoms with E-state index in [-0.39, 0.29) is 6.61 Å². The zero-order valence-electron chi connectivity index (χ0n) is 11.6. The summed E-state index contributed by atoms with van der Waals surface area (Å²) in [7, 11) is 0. The summed E-state index contributed by atoms with van der Waals surface area (Å²) in [6, 6.07) is 0. The maximum Gasteiger partial charge on any atom is 0.134 e. The Balaban J connectivity index is 2.68. The summed E-state index contributed by atoms with van der Waals surface area (Å²) < 4.78 is 0. The summed E-state index contributed by atoms with van der Waals surface area (Å²) in [5, 5.41) is 15.4. The number of anilines is 2. The summed E-state index contributed by atoms with van der Waals surface area (Å²) in [4.78, 5) is 8.83. The van der Waals surface area contributed by atoms with Gasteiger partial charge in [-0.1, -0.05) is 6.92 Å². The van der Waals surface area contributed by atoms with Crippen molar-refractivity contribution in [1.29, 1.82) is 0 Å². The van der Waals surface area contributed by atoms with E-state index >= 15 is 0 Å². The first-order chi connectivity index (χ1) is 8.69. The molecule has 0 aliphatic rings. The largest absolute Gasteiger partial charge is 0.396 e. The molecule has 1 heterocycles. The molecule has 0 spiro atoms. The first kappa shape index (κ1) is 14.7. The Labute approximate surface area is 109 Å². The lowest BCUT2D eigenvalue weighted by Crippen LogP contribution is -2.11. The Hall–Kier alpha value is -1.36. The highest BCUT2D eigenvalue weighted by Gasteiger charge is 2.07. The molecule has 0 bridgehead atoms. The molecule has 5 nitrogen and oxygen atoms in total. The van der Waals surface area contributed by atoms with Crippen molar-refractivity contribution in [2.24, 2.45) is 0 Å². The van der Waals surface area contributed by atoms with E-state index in [1.54, 1.807) is 0 Å². The Morgan fingerprint density at radius 1 is 1.00 bits per heavy atom. The van der Waals surface area contributed by atoms with E-state index in [0.717, 1.165) is 55.4 Å². The predicted octanol–water partition coefficient (Wildman–Crippen LogP) is 2.10. The monoisotopic (exact) mass is 252 g/mol. The minimum atomic E-state index is 0.243. The van der Waals surface area contributed by atoms with Crippen LogP contribution in [0.25, 0.3) is 0 Å². The van der Waals surface area contributed by atoms with Crippen molar-refractivity contribution in [3.8, 4) is 0 Å². The minimum absolute atomic E-state index is 0.243. The number of aliphatic hydroxyl groups is 1. The minimum Gasteiger partial charge on any atom is -0.396 e. The fraction of sp³-hybridized carbons (Fsp3) is 0.692.